The van der Waals surface area contributed by atoms with Gasteiger partial charge in [-0.05, 0) is 38.9 Å². The van der Waals surface area contributed by atoms with Crippen molar-refractivity contribution in [2.45, 2.75) is 33.2 Å². The zero-order valence-corrected chi connectivity index (χ0v) is 11.8. The second-order valence-corrected chi connectivity index (χ2v) is 5.29. The molecular formula is C12H21NO3Si. The van der Waals surface area contributed by atoms with Gasteiger partial charge in [-0.2, -0.15) is 0 Å². The highest BCUT2D eigenvalue weighted by atomic mass is 28.3. The monoisotopic (exact) mass is 255 g/mol. The maximum atomic E-state index is 11.7. The van der Waals surface area contributed by atoms with Gasteiger partial charge in [0.15, 0.2) is 0 Å². The number of rotatable bonds is 6. The lowest BCUT2D eigenvalue weighted by atomic mass is 10.1. The van der Waals surface area contributed by atoms with Gasteiger partial charge in [-0.3, -0.25) is 4.79 Å². The molecule has 96 valence electrons. The van der Waals surface area contributed by atoms with E-state index in [1.54, 1.807) is 12.2 Å². The zero-order chi connectivity index (χ0) is 12.7. The molecule has 0 N–H and O–H groups in total. The van der Waals surface area contributed by atoms with E-state index < -0.39 is 8.90 Å². The Hall–Kier alpha value is -1.10. The fourth-order valence-electron chi connectivity index (χ4n) is 1.67. The highest BCUT2D eigenvalue weighted by molar-refractivity contribution is 6.55. The van der Waals surface area contributed by atoms with Crippen LogP contribution in [-0.2, 0) is 13.6 Å². The smallest absolute Gasteiger partial charge is 0.477 e. The Morgan fingerprint density at radius 3 is 2.47 bits per heavy atom. The number of likely N-dealkylation sites (tertiary alicyclic amines) is 1. The predicted octanol–water partition coefficient (Wildman–Crippen LogP) is 1.11. The number of nitrogens with zero attached hydrogens (tertiary/aromatic N) is 1. The maximum Gasteiger partial charge on any atom is 0.477 e. The van der Waals surface area contributed by atoms with Crippen molar-refractivity contribution < 1.29 is 13.6 Å². The third-order valence-corrected chi connectivity index (χ3v) is 4.36. The lowest BCUT2D eigenvalue weighted by Gasteiger charge is -2.38. The molecule has 0 saturated carbocycles. The highest BCUT2D eigenvalue weighted by Gasteiger charge is 2.30. The van der Waals surface area contributed by atoms with Crippen molar-refractivity contribution in [3.8, 4) is 0 Å². The standard InChI is InChI=1S/C12H21NO3Si/c1-4-7-12(14)13-9-8-11(13)10-17(15-5-2)16-6-3/h4,7,10-11H,5-6,8-9H2,1-3H3/b7-4-. The fourth-order valence-corrected chi connectivity index (χ4v) is 3.18. The van der Waals surface area contributed by atoms with Crippen molar-refractivity contribution in [2.24, 2.45) is 0 Å². The van der Waals surface area contributed by atoms with Crippen LogP contribution in [0.5, 0.6) is 0 Å². The van der Waals surface area contributed by atoms with Gasteiger partial charge in [0, 0.05) is 6.54 Å². The van der Waals surface area contributed by atoms with Gasteiger partial charge < -0.3 is 13.8 Å². The van der Waals surface area contributed by atoms with Gasteiger partial charge in [-0.25, -0.2) is 0 Å². The van der Waals surface area contributed by atoms with Gasteiger partial charge in [0.2, 0.25) is 5.91 Å². The van der Waals surface area contributed by atoms with E-state index in [1.807, 2.05) is 25.7 Å². The van der Waals surface area contributed by atoms with Crippen molar-refractivity contribution in [1.82, 2.24) is 4.90 Å². The molecule has 1 unspecified atom stereocenters. The largest absolute Gasteiger partial charge is 0.524 e. The molecule has 1 aliphatic rings. The second-order valence-electron chi connectivity index (χ2n) is 3.74. The molecular weight excluding hydrogens is 234 g/mol. The van der Waals surface area contributed by atoms with Crippen LogP contribution in [0.4, 0.5) is 0 Å². The van der Waals surface area contributed by atoms with Gasteiger partial charge in [0.05, 0.1) is 19.3 Å². The third kappa shape index (κ3) is 4.00. The number of allylic oxidation sites excluding steroid dienone is 1. The van der Waals surface area contributed by atoms with E-state index in [0.29, 0.717) is 13.2 Å². The Morgan fingerprint density at radius 1 is 1.41 bits per heavy atom. The minimum atomic E-state index is -1.33. The summed E-state index contributed by atoms with van der Waals surface area (Å²) >= 11 is 0. The number of hydrogen-bond acceptors (Lipinski definition) is 3. The minimum absolute atomic E-state index is 0.0781. The maximum absolute atomic E-state index is 11.7. The van der Waals surface area contributed by atoms with Crippen LogP contribution in [0.15, 0.2) is 12.2 Å². The molecule has 0 aliphatic carbocycles. The first-order chi connectivity index (χ1) is 8.22. The Bertz CT molecular complexity index is 307. The van der Waals surface area contributed by atoms with Gasteiger partial charge in [0.1, 0.15) is 0 Å². The molecule has 4 nitrogen and oxygen atoms in total. The van der Waals surface area contributed by atoms with Crippen LogP contribution in [-0.4, -0.2) is 51.2 Å². The quantitative estimate of drug-likeness (QED) is 0.527. The van der Waals surface area contributed by atoms with Crippen LogP contribution >= 0.6 is 0 Å². The number of carbonyl (C=O) groups excluding carboxylic acids is 1. The van der Waals surface area contributed by atoms with Gasteiger partial charge >= 0.3 is 8.90 Å². The summed E-state index contributed by atoms with van der Waals surface area (Å²) in [5, 5.41) is 0. The normalized spacial score (nSPS) is 18.8. The average molecular weight is 255 g/mol. The Kier molecular flexibility index (Phi) is 5.97. The summed E-state index contributed by atoms with van der Waals surface area (Å²) in [4.78, 5) is 13.5. The fraction of sp³-hybridized carbons (Fsp3) is 0.667. The molecule has 0 aromatic rings. The molecule has 17 heavy (non-hydrogen) atoms. The molecule has 1 saturated heterocycles. The Balaban J connectivity index is 2.59. The molecule has 1 amide bonds. The van der Waals surface area contributed by atoms with Crippen LogP contribution in [0, 0.1) is 0 Å². The summed E-state index contributed by atoms with van der Waals surface area (Å²) in [6, 6.07) is 0.186. The molecule has 5 heteroatoms. The van der Waals surface area contributed by atoms with Gasteiger partial charge in [-0.1, -0.05) is 6.08 Å². The minimum Gasteiger partial charge on any atom is -0.524 e. The van der Waals surface area contributed by atoms with Crippen molar-refractivity contribution in [1.29, 1.82) is 0 Å². The van der Waals surface area contributed by atoms with Gasteiger partial charge in [-0.15, -0.1) is 0 Å². The van der Waals surface area contributed by atoms with E-state index in [4.69, 9.17) is 8.85 Å². The Morgan fingerprint density at radius 2 is 2.06 bits per heavy atom. The van der Waals surface area contributed by atoms with Crippen LogP contribution < -0.4 is 0 Å². The lowest BCUT2D eigenvalue weighted by molar-refractivity contribution is -0.130. The predicted molar refractivity (Wildman–Crippen MR) is 70.0 cm³/mol. The van der Waals surface area contributed by atoms with E-state index in [1.165, 1.54) is 0 Å². The topological polar surface area (TPSA) is 38.8 Å². The van der Waals surface area contributed by atoms with Crippen molar-refractivity contribution in [3.05, 3.63) is 12.2 Å². The molecule has 1 rings (SSSR count). The molecule has 0 radical (unpaired) electrons. The van der Waals surface area contributed by atoms with E-state index >= 15 is 0 Å². The molecule has 1 fully saturated rings. The number of hydrogen-bond donors (Lipinski definition) is 0. The SMILES string of the molecule is C/C=C\C(=O)N1CCC1C=[Si](OCC)OCC. The molecule has 0 aromatic carbocycles. The summed E-state index contributed by atoms with van der Waals surface area (Å²) < 4.78 is 11.1. The van der Waals surface area contributed by atoms with Crippen molar-refractivity contribution >= 4 is 20.5 Å². The van der Waals surface area contributed by atoms with Crippen LogP contribution in [0.1, 0.15) is 27.2 Å². The second kappa shape index (κ2) is 7.27. The lowest BCUT2D eigenvalue weighted by Crippen LogP contribution is -2.52. The van der Waals surface area contributed by atoms with E-state index in [2.05, 4.69) is 5.67 Å². The first kappa shape index (κ1) is 14.0. The first-order valence-electron chi connectivity index (χ1n) is 6.13. The van der Waals surface area contributed by atoms with E-state index in [0.717, 1.165) is 13.0 Å². The van der Waals surface area contributed by atoms with E-state index in [9.17, 15) is 4.79 Å². The average Bonchev–Trinajstić information content (AvgIpc) is 2.25. The van der Waals surface area contributed by atoms with Gasteiger partial charge in [0.25, 0.3) is 0 Å². The summed E-state index contributed by atoms with van der Waals surface area (Å²) in [5.74, 6) is 0.0781. The summed E-state index contributed by atoms with van der Waals surface area (Å²) in [6.07, 6.45) is 4.39. The molecule has 1 atom stereocenters. The highest BCUT2D eigenvalue weighted by Crippen LogP contribution is 2.15. The summed E-state index contributed by atoms with van der Waals surface area (Å²) in [6.45, 7) is 7.91. The number of amides is 1. The number of carbonyl (C=O) groups is 1. The van der Waals surface area contributed by atoms with Crippen molar-refractivity contribution in [2.75, 3.05) is 19.8 Å². The first-order valence-corrected chi connectivity index (χ1v) is 7.53. The van der Waals surface area contributed by atoms with Crippen LogP contribution in [0.2, 0.25) is 0 Å². The van der Waals surface area contributed by atoms with E-state index in [-0.39, 0.29) is 11.9 Å². The molecule has 0 bridgehead atoms. The molecule has 0 aromatic heterocycles. The molecule has 1 aliphatic heterocycles. The molecule has 1 heterocycles. The zero-order valence-electron chi connectivity index (χ0n) is 10.8. The van der Waals surface area contributed by atoms with Crippen molar-refractivity contribution in [3.63, 3.8) is 0 Å². The summed E-state index contributed by atoms with van der Waals surface area (Å²) in [7, 11) is -1.33. The molecule has 0 spiro atoms. The van der Waals surface area contributed by atoms with Crippen LogP contribution in [0.3, 0.4) is 0 Å². The van der Waals surface area contributed by atoms with Crippen LogP contribution in [0.25, 0.3) is 0 Å². The summed E-state index contributed by atoms with van der Waals surface area (Å²) in [5.41, 5.74) is 2.07. The Labute approximate surface area is 105 Å². The third-order valence-electron chi connectivity index (χ3n) is 2.56.